The number of rotatable bonds is 5. The molecule has 1 unspecified atom stereocenters. The lowest BCUT2D eigenvalue weighted by atomic mass is 10.2. The molecule has 1 aromatic heterocycles. The number of thioether (sulfide) groups is 1. The minimum absolute atomic E-state index is 0.373. The fourth-order valence-corrected chi connectivity index (χ4v) is 2.30. The summed E-state index contributed by atoms with van der Waals surface area (Å²) in [6, 6.07) is 2.54. The summed E-state index contributed by atoms with van der Waals surface area (Å²) in [6.07, 6.45) is 2.13. The van der Waals surface area contributed by atoms with E-state index in [1.165, 1.54) is 0 Å². The maximum absolute atomic E-state index is 4.64. The molecule has 0 saturated carbocycles. The first-order valence-electron chi connectivity index (χ1n) is 6.03. The number of anilines is 1. The summed E-state index contributed by atoms with van der Waals surface area (Å²) in [5, 5.41) is 0. The molecule has 0 amide bonds. The zero-order valence-electron chi connectivity index (χ0n) is 11.7. The van der Waals surface area contributed by atoms with Gasteiger partial charge in [-0.15, -0.1) is 0 Å². The second kappa shape index (κ2) is 6.24. The molecule has 1 aromatic rings. The van der Waals surface area contributed by atoms with Crippen LogP contribution >= 0.6 is 11.8 Å². The molecule has 4 heteroatoms. The second-order valence-corrected chi connectivity index (χ2v) is 5.71. The summed E-state index contributed by atoms with van der Waals surface area (Å²) in [6.45, 7) is 8.51. The molecule has 0 fully saturated rings. The highest BCUT2D eigenvalue weighted by atomic mass is 32.2. The van der Waals surface area contributed by atoms with Gasteiger partial charge in [-0.1, -0.05) is 13.8 Å². The van der Waals surface area contributed by atoms with Gasteiger partial charge >= 0.3 is 0 Å². The van der Waals surface area contributed by atoms with Gasteiger partial charge in [-0.05, 0) is 20.1 Å². The SMILES string of the molecule is CSCC(C)N(C)c1cc(C)nc(C(C)C)n1. The van der Waals surface area contributed by atoms with Crippen LogP contribution in [-0.4, -0.2) is 35.1 Å². The van der Waals surface area contributed by atoms with E-state index in [4.69, 9.17) is 0 Å². The molecule has 1 rings (SSSR count). The molecule has 0 bridgehead atoms. The van der Waals surface area contributed by atoms with Gasteiger partial charge in [0.1, 0.15) is 11.6 Å². The van der Waals surface area contributed by atoms with Gasteiger partial charge in [0.25, 0.3) is 0 Å². The van der Waals surface area contributed by atoms with Crippen LogP contribution in [0.15, 0.2) is 6.07 Å². The third kappa shape index (κ3) is 3.87. The largest absolute Gasteiger partial charge is 0.356 e. The molecule has 0 N–H and O–H groups in total. The Morgan fingerprint density at radius 2 is 1.94 bits per heavy atom. The Morgan fingerprint density at radius 3 is 2.47 bits per heavy atom. The van der Waals surface area contributed by atoms with E-state index in [1.807, 2.05) is 18.7 Å². The number of aromatic nitrogens is 2. The van der Waals surface area contributed by atoms with E-state index in [1.54, 1.807) is 0 Å². The minimum atomic E-state index is 0.373. The van der Waals surface area contributed by atoms with Crippen molar-refractivity contribution in [2.45, 2.75) is 39.7 Å². The Balaban J connectivity index is 2.96. The third-order valence-electron chi connectivity index (χ3n) is 2.80. The lowest BCUT2D eigenvalue weighted by molar-refractivity contribution is 0.721. The summed E-state index contributed by atoms with van der Waals surface area (Å²) < 4.78 is 0. The van der Waals surface area contributed by atoms with Gasteiger partial charge in [0.05, 0.1) is 0 Å². The van der Waals surface area contributed by atoms with Crippen molar-refractivity contribution >= 4 is 17.6 Å². The van der Waals surface area contributed by atoms with Crippen LogP contribution in [0.25, 0.3) is 0 Å². The fourth-order valence-electron chi connectivity index (χ4n) is 1.59. The molecule has 17 heavy (non-hydrogen) atoms. The second-order valence-electron chi connectivity index (χ2n) is 4.80. The van der Waals surface area contributed by atoms with Gasteiger partial charge in [-0.2, -0.15) is 11.8 Å². The van der Waals surface area contributed by atoms with Crippen molar-refractivity contribution in [1.29, 1.82) is 0 Å². The average Bonchev–Trinajstić information content (AvgIpc) is 2.27. The van der Waals surface area contributed by atoms with E-state index < -0.39 is 0 Å². The van der Waals surface area contributed by atoms with Crippen LogP contribution in [-0.2, 0) is 0 Å². The van der Waals surface area contributed by atoms with Gasteiger partial charge in [-0.25, -0.2) is 9.97 Å². The Kier molecular flexibility index (Phi) is 5.25. The van der Waals surface area contributed by atoms with Crippen LogP contribution in [0.2, 0.25) is 0 Å². The molecule has 0 aliphatic carbocycles. The lowest BCUT2D eigenvalue weighted by Gasteiger charge is -2.26. The van der Waals surface area contributed by atoms with Gasteiger partial charge in [-0.3, -0.25) is 0 Å². The normalized spacial score (nSPS) is 12.9. The summed E-state index contributed by atoms with van der Waals surface area (Å²) in [5.41, 5.74) is 1.04. The van der Waals surface area contributed by atoms with E-state index in [0.29, 0.717) is 12.0 Å². The molecule has 1 atom stereocenters. The first kappa shape index (κ1) is 14.3. The molecule has 0 aliphatic heterocycles. The molecule has 3 nitrogen and oxygen atoms in total. The lowest BCUT2D eigenvalue weighted by Crippen LogP contribution is -2.32. The summed E-state index contributed by atoms with van der Waals surface area (Å²) in [7, 11) is 2.10. The van der Waals surface area contributed by atoms with Crippen LogP contribution in [0.4, 0.5) is 5.82 Å². The van der Waals surface area contributed by atoms with Crippen LogP contribution in [0.5, 0.6) is 0 Å². The molecular weight excluding hydrogens is 230 g/mol. The van der Waals surface area contributed by atoms with Crippen LogP contribution < -0.4 is 4.90 Å². The number of hydrogen-bond acceptors (Lipinski definition) is 4. The quantitative estimate of drug-likeness (QED) is 0.806. The van der Waals surface area contributed by atoms with E-state index in [0.717, 1.165) is 23.1 Å². The number of hydrogen-bond donors (Lipinski definition) is 0. The summed E-state index contributed by atoms with van der Waals surface area (Å²) in [5.74, 6) is 3.44. The van der Waals surface area contributed by atoms with Crippen molar-refractivity contribution in [3.8, 4) is 0 Å². The van der Waals surface area contributed by atoms with E-state index >= 15 is 0 Å². The Morgan fingerprint density at radius 1 is 1.29 bits per heavy atom. The molecule has 0 spiro atoms. The highest BCUT2D eigenvalue weighted by Gasteiger charge is 2.13. The van der Waals surface area contributed by atoms with E-state index in [9.17, 15) is 0 Å². The maximum Gasteiger partial charge on any atom is 0.133 e. The highest BCUT2D eigenvalue weighted by molar-refractivity contribution is 7.98. The van der Waals surface area contributed by atoms with Crippen LogP contribution in [0, 0.1) is 6.92 Å². The zero-order valence-corrected chi connectivity index (χ0v) is 12.5. The first-order chi connectivity index (χ1) is 7.95. The van der Waals surface area contributed by atoms with Crippen molar-refractivity contribution in [2.75, 3.05) is 24.0 Å². The Hall–Kier alpha value is -0.770. The topological polar surface area (TPSA) is 29.0 Å². The minimum Gasteiger partial charge on any atom is -0.356 e. The summed E-state index contributed by atoms with van der Waals surface area (Å²) >= 11 is 1.86. The highest BCUT2D eigenvalue weighted by Crippen LogP contribution is 2.18. The molecule has 0 saturated heterocycles. The smallest absolute Gasteiger partial charge is 0.133 e. The van der Waals surface area contributed by atoms with Crippen molar-refractivity contribution < 1.29 is 0 Å². The maximum atomic E-state index is 4.64. The Bertz CT molecular complexity index is 366. The van der Waals surface area contributed by atoms with Gasteiger partial charge in [0.2, 0.25) is 0 Å². The molecule has 0 aliphatic rings. The number of aryl methyl sites for hydroxylation is 1. The standard InChI is InChI=1S/C13H23N3S/c1-9(2)13-14-10(3)7-12(15-13)16(5)11(4)8-17-6/h7,9,11H,8H2,1-6H3. The van der Waals surface area contributed by atoms with Crippen molar-refractivity contribution in [1.82, 2.24) is 9.97 Å². The molecule has 0 radical (unpaired) electrons. The van der Waals surface area contributed by atoms with Gasteiger partial charge < -0.3 is 4.90 Å². The average molecular weight is 253 g/mol. The van der Waals surface area contributed by atoms with Crippen LogP contribution in [0.1, 0.15) is 38.2 Å². The molecule has 96 valence electrons. The monoisotopic (exact) mass is 253 g/mol. The molecule has 0 aromatic carbocycles. The van der Waals surface area contributed by atoms with E-state index in [-0.39, 0.29) is 0 Å². The first-order valence-corrected chi connectivity index (χ1v) is 7.42. The zero-order chi connectivity index (χ0) is 13.0. The predicted molar refractivity (Wildman–Crippen MR) is 77.1 cm³/mol. The van der Waals surface area contributed by atoms with Gasteiger partial charge in [0.15, 0.2) is 0 Å². The fraction of sp³-hybridized carbons (Fsp3) is 0.692. The Labute approximate surface area is 109 Å². The van der Waals surface area contributed by atoms with Gasteiger partial charge in [0, 0.05) is 36.5 Å². The molecule has 1 heterocycles. The molecular formula is C13H23N3S. The van der Waals surface area contributed by atoms with Crippen molar-refractivity contribution in [3.63, 3.8) is 0 Å². The van der Waals surface area contributed by atoms with Crippen molar-refractivity contribution in [2.24, 2.45) is 0 Å². The predicted octanol–water partition coefficient (Wildman–Crippen LogP) is 3.10. The number of nitrogens with zero attached hydrogens (tertiary/aromatic N) is 3. The third-order valence-corrected chi connectivity index (χ3v) is 3.62. The van der Waals surface area contributed by atoms with Crippen molar-refractivity contribution in [3.05, 3.63) is 17.6 Å². The van der Waals surface area contributed by atoms with E-state index in [2.05, 4.69) is 55.0 Å². The van der Waals surface area contributed by atoms with Crippen LogP contribution in [0.3, 0.4) is 0 Å². The summed E-state index contributed by atoms with van der Waals surface area (Å²) in [4.78, 5) is 11.4.